The van der Waals surface area contributed by atoms with Crippen LogP contribution in [0.4, 0.5) is 0 Å². The van der Waals surface area contributed by atoms with Crippen LogP contribution in [-0.4, -0.2) is 41.5 Å². The number of nitrogens with zero attached hydrogens (tertiary/aromatic N) is 1. The maximum atomic E-state index is 12.3. The number of phenols is 1. The Kier molecular flexibility index (Phi) is 4.61. The normalized spacial score (nSPS) is 15.9. The third kappa shape index (κ3) is 3.73. The van der Waals surface area contributed by atoms with E-state index in [1.165, 1.54) is 13.0 Å². The molecule has 1 aliphatic heterocycles. The number of carbonyl (C=O) groups excluding carboxylic acids is 2. The van der Waals surface area contributed by atoms with Gasteiger partial charge in [0.1, 0.15) is 5.75 Å². The van der Waals surface area contributed by atoms with Gasteiger partial charge < -0.3 is 15.3 Å². The van der Waals surface area contributed by atoms with Gasteiger partial charge in [-0.25, -0.2) is 0 Å². The van der Waals surface area contributed by atoms with Gasteiger partial charge in [0.05, 0.1) is 0 Å². The second-order valence-corrected chi connectivity index (χ2v) is 5.22. The minimum absolute atomic E-state index is 0.0109. The number of rotatable bonds is 3. The first-order chi connectivity index (χ1) is 9.56. The van der Waals surface area contributed by atoms with Crippen molar-refractivity contribution in [3.05, 3.63) is 29.8 Å². The van der Waals surface area contributed by atoms with Crippen molar-refractivity contribution in [2.45, 2.75) is 19.8 Å². The van der Waals surface area contributed by atoms with Crippen molar-refractivity contribution < 1.29 is 14.7 Å². The van der Waals surface area contributed by atoms with Gasteiger partial charge in [0.25, 0.3) is 5.91 Å². The molecule has 108 valence electrons. The van der Waals surface area contributed by atoms with E-state index in [0.717, 1.165) is 12.8 Å². The number of carbonyl (C=O) groups is 2. The Morgan fingerprint density at radius 1 is 1.35 bits per heavy atom. The first kappa shape index (κ1) is 14.4. The van der Waals surface area contributed by atoms with Crippen LogP contribution in [0.25, 0.3) is 0 Å². The Morgan fingerprint density at radius 2 is 2.05 bits per heavy atom. The average Bonchev–Trinajstić information content (AvgIpc) is 2.45. The molecule has 0 aliphatic carbocycles. The number of aromatic hydroxyl groups is 1. The summed E-state index contributed by atoms with van der Waals surface area (Å²) in [4.78, 5) is 25.0. The van der Waals surface area contributed by atoms with Crippen molar-refractivity contribution in [3.8, 4) is 5.75 Å². The number of phenolic OH excluding ortho intramolecular Hbond substituents is 1. The summed E-state index contributed by atoms with van der Waals surface area (Å²) in [5.41, 5.74) is 0.519. The van der Waals surface area contributed by atoms with E-state index in [2.05, 4.69) is 5.32 Å². The van der Waals surface area contributed by atoms with Gasteiger partial charge >= 0.3 is 0 Å². The number of nitrogens with one attached hydrogen (secondary N) is 1. The molecule has 0 radical (unpaired) electrons. The molecule has 0 spiro atoms. The van der Waals surface area contributed by atoms with Crippen LogP contribution in [-0.2, 0) is 4.79 Å². The molecule has 5 nitrogen and oxygen atoms in total. The van der Waals surface area contributed by atoms with E-state index in [-0.39, 0.29) is 17.6 Å². The number of amides is 2. The molecule has 20 heavy (non-hydrogen) atoms. The van der Waals surface area contributed by atoms with Crippen molar-refractivity contribution in [1.29, 1.82) is 0 Å². The SMILES string of the molecule is CC(=O)NCC1CCN(C(=O)c2cccc(O)c2)CC1. The molecule has 1 fully saturated rings. The minimum atomic E-state index is -0.0427. The third-order valence-corrected chi connectivity index (χ3v) is 3.63. The summed E-state index contributed by atoms with van der Waals surface area (Å²) >= 11 is 0. The van der Waals surface area contributed by atoms with E-state index in [1.54, 1.807) is 23.1 Å². The number of hydrogen-bond acceptors (Lipinski definition) is 3. The summed E-state index contributed by atoms with van der Waals surface area (Å²) in [6.07, 6.45) is 1.79. The molecule has 0 bridgehead atoms. The number of likely N-dealkylation sites (tertiary alicyclic amines) is 1. The van der Waals surface area contributed by atoms with Gasteiger partial charge in [-0.15, -0.1) is 0 Å². The second-order valence-electron chi connectivity index (χ2n) is 5.22. The monoisotopic (exact) mass is 276 g/mol. The molecule has 0 aromatic heterocycles. The van der Waals surface area contributed by atoms with Crippen LogP contribution in [0.15, 0.2) is 24.3 Å². The predicted molar refractivity (Wildman–Crippen MR) is 75.4 cm³/mol. The molecule has 0 atom stereocenters. The molecule has 2 rings (SSSR count). The fraction of sp³-hybridized carbons (Fsp3) is 0.467. The third-order valence-electron chi connectivity index (χ3n) is 3.63. The Bertz CT molecular complexity index is 494. The standard InChI is InChI=1S/C15H20N2O3/c1-11(18)16-10-12-5-7-17(8-6-12)15(20)13-3-2-4-14(19)9-13/h2-4,9,12,19H,5-8,10H2,1H3,(H,16,18). The van der Waals surface area contributed by atoms with Crippen molar-refractivity contribution in [2.24, 2.45) is 5.92 Å². The van der Waals surface area contributed by atoms with Gasteiger partial charge in [0, 0.05) is 32.1 Å². The van der Waals surface area contributed by atoms with Gasteiger partial charge in [0.15, 0.2) is 0 Å². The molecule has 2 amide bonds. The van der Waals surface area contributed by atoms with Gasteiger partial charge in [0.2, 0.25) is 5.91 Å². The topological polar surface area (TPSA) is 69.6 Å². The van der Waals surface area contributed by atoms with Crippen molar-refractivity contribution in [1.82, 2.24) is 10.2 Å². The molecule has 2 N–H and O–H groups in total. The highest BCUT2D eigenvalue weighted by Gasteiger charge is 2.23. The molecular weight excluding hydrogens is 256 g/mol. The van der Waals surface area contributed by atoms with Crippen LogP contribution in [0.2, 0.25) is 0 Å². The van der Waals surface area contributed by atoms with Gasteiger partial charge in [-0.2, -0.15) is 0 Å². The maximum absolute atomic E-state index is 12.3. The Labute approximate surface area is 118 Å². The first-order valence-electron chi connectivity index (χ1n) is 6.89. The zero-order chi connectivity index (χ0) is 14.5. The van der Waals surface area contributed by atoms with Gasteiger partial charge in [-0.05, 0) is 37.0 Å². The molecule has 1 aliphatic rings. The molecule has 1 heterocycles. The molecular formula is C15H20N2O3. The Balaban J connectivity index is 1.87. The highest BCUT2D eigenvalue weighted by atomic mass is 16.3. The minimum Gasteiger partial charge on any atom is -0.508 e. The quantitative estimate of drug-likeness (QED) is 0.876. The predicted octanol–water partition coefficient (Wildman–Crippen LogP) is 1.38. The molecule has 1 aromatic rings. The maximum Gasteiger partial charge on any atom is 0.253 e. The van der Waals surface area contributed by atoms with Gasteiger partial charge in [-0.1, -0.05) is 6.07 Å². The summed E-state index contributed by atoms with van der Waals surface area (Å²) < 4.78 is 0. The largest absolute Gasteiger partial charge is 0.508 e. The van der Waals surface area contributed by atoms with Crippen LogP contribution in [0, 0.1) is 5.92 Å². The second kappa shape index (κ2) is 6.41. The van der Waals surface area contributed by atoms with Crippen LogP contribution in [0.3, 0.4) is 0 Å². The number of piperidine rings is 1. The molecule has 5 heteroatoms. The van der Waals surface area contributed by atoms with Crippen LogP contribution in [0.5, 0.6) is 5.75 Å². The smallest absolute Gasteiger partial charge is 0.253 e. The average molecular weight is 276 g/mol. The Morgan fingerprint density at radius 3 is 2.65 bits per heavy atom. The van der Waals surface area contributed by atoms with E-state index < -0.39 is 0 Å². The lowest BCUT2D eigenvalue weighted by atomic mass is 9.96. The van der Waals surface area contributed by atoms with Crippen LogP contribution in [0.1, 0.15) is 30.1 Å². The summed E-state index contributed by atoms with van der Waals surface area (Å²) in [5, 5.41) is 12.2. The van der Waals surface area contributed by atoms with E-state index >= 15 is 0 Å². The molecule has 1 saturated heterocycles. The summed E-state index contributed by atoms with van der Waals surface area (Å²) in [7, 11) is 0. The molecule has 1 aromatic carbocycles. The number of hydrogen-bond donors (Lipinski definition) is 2. The lowest BCUT2D eigenvalue weighted by Crippen LogP contribution is -2.41. The lowest BCUT2D eigenvalue weighted by Gasteiger charge is -2.32. The zero-order valence-electron chi connectivity index (χ0n) is 11.6. The lowest BCUT2D eigenvalue weighted by molar-refractivity contribution is -0.119. The fourth-order valence-electron chi connectivity index (χ4n) is 2.45. The highest BCUT2D eigenvalue weighted by molar-refractivity contribution is 5.94. The molecule has 0 saturated carbocycles. The van der Waals surface area contributed by atoms with Crippen LogP contribution < -0.4 is 5.32 Å². The van der Waals surface area contributed by atoms with E-state index in [1.807, 2.05) is 0 Å². The van der Waals surface area contributed by atoms with E-state index in [9.17, 15) is 14.7 Å². The van der Waals surface area contributed by atoms with Crippen molar-refractivity contribution in [2.75, 3.05) is 19.6 Å². The summed E-state index contributed by atoms with van der Waals surface area (Å²) in [6.45, 7) is 3.58. The van der Waals surface area contributed by atoms with Crippen molar-refractivity contribution in [3.63, 3.8) is 0 Å². The van der Waals surface area contributed by atoms with E-state index in [0.29, 0.717) is 31.1 Å². The summed E-state index contributed by atoms with van der Waals surface area (Å²) in [5.74, 6) is 0.491. The van der Waals surface area contributed by atoms with Crippen molar-refractivity contribution >= 4 is 11.8 Å². The van der Waals surface area contributed by atoms with E-state index in [4.69, 9.17) is 0 Å². The van der Waals surface area contributed by atoms with Gasteiger partial charge in [-0.3, -0.25) is 9.59 Å². The first-order valence-corrected chi connectivity index (χ1v) is 6.89. The Hall–Kier alpha value is -2.04. The summed E-state index contributed by atoms with van der Waals surface area (Å²) in [6, 6.07) is 6.43. The number of benzene rings is 1. The zero-order valence-corrected chi connectivity index (χ0v) is 11.6. The fourth-order valence-corrected chi connectivity index (χ4v) is 2.45. The van der Waals surface area contributed by atoms with Crippen LogP contribution >= 0.6 is 0 Å². The highest BCUT2D eigenvalue weighted by Crippen LogP contribution is 2.20. The molecule has 0 unspecified atom stereocenters.